The fraction of sp³-hybridized carbons (Fsp3) is 0.429. The van der Waals surface area contributed by atoms with E-state index in [9.17, 15) is 20.4 Å². The van der Waals surface area contributed by atoms with Gasteiger partial charge in [-0.25, -0.2) is 0 Å². The summed E-state index contributed by atoms with van der Waals surface area (Å²) in [6.45, 7) is 14.5. The third-order valence-electron chi connectivity index (χ3n) is 21.1. The van der Waals surface area contributed by atoms with Crippen LogP contribution in [0.1, 0.15) is 243 Å². The van der Waals surface area contributed by atoms with E-state index in [4.69, 9.17) is 18.9 Å². The molecule has 0 radical (unpaired) electrons. The fourth-order valence-corrected chi connectivity index (χ4v) is 16.2. The molecule has 4 atom stereocenters. The van der Waals surface area contributed by atoms with Crippen molar-refractivity contribution >= 4 is 0 Å². The molecule has 0 spiro atoms. The highest BCUT2D eigenvalue weighted by Gasteiger charge is 2.41. The number of phenolic OH excluding ortho intramolecular Hbond substituents is 4. The number of aromatic hydroxyl groups is 4. The minimum absolute atomic E-state index is 0.216. The molecule has 0 amide bonds. The molecule has 4 aliphatic heterocycles. The molecule has 8 bridgehead atoms. The zero-order valence-electron chi connectivity index (χ0n) is 57.2. The lowest BCUT2D eigenvalue weighted by Crippen LogP contribution is -2.33. The number of rotatable bonds is 24. The average molecular weight is 1290 g/mol. The summed E-state index contributed by atoms with van der Waals surface area (Å²) in [5, 5.41) is 55.1. The van der Waals surface area contributed by atoms with E-state index in [0.29, 0.717) is 128 Å². The van der Waals surface area contributed by atoms with Crippen molar-refractivity contribution in [1.82, 2.24) is 19.6 Å². The molecule has 0 saturated heterocycles. The Labute approximate surface area is 570 Å². The van der Waals surface area contributed by atoms with Crippen LogP contribution in [0.4, 0.5) is 0 Å². The molecule has 96 heavy (non-hydrogen) atoms. The summed E-state index contributed by atoms with van der Waals surface area (Å²) < 4.78 is 28.9. The molecule has 0 unspecified atom stereocenters. The fourth-order valence-electron chi connectivity index (χ4n) is 16.2. The van der Waals surface area contributed by atoms with Crippen LogP contribution in [0.5, 0.6) is 46.0 Å². The Morgan fingerprint density at radius 1 is 0.292 bits per heavy atom. The Bertz CT molecular complexity index is 3410. The van der Waals surface area contributed by atoms with Crippen molar-refractivity contribution in [3.05, 3.63) is 235 Å². The van der Waals surface area contributed by atoms with Crippen molar-refractivity contribution in [3.8, 4) is 46.0 Å². The largest absolute Gasteiger partial charge is 0.507 e. The zero-order valence-corrected chi connectivity index (χ0v) is 57.2. The number of ether oxygens (including phenoxy) is 4. The van der Waals surface area contributed by atoms with E-state index in [1.807, 2.05) is 24.3 Å². The molecule has 13 rings (SSSR count). The van der Waals surface area contributed by atoms with Crippen LogP contribution in [0.25, 0.3) is 0 Å². The summed E-state index contributed by atoms with van der Waals surface area (Å²) in [5.74, 6) is 1.94. The van der Waals surface area contributed by atoms with Crippen LogP contribution < -0.4 is 18.9 Å². The summed E-state index contributed by atoms with van der Waals surface area (Å²) in [6, 6.07) is 51.0. The number of nitrogens with zero attached hydrogens (tertiary/aromatic N) is 4. The monoisotopic (exact) mass is 1290 g/mol. The first-order valence-corrected chi connectivity index (χ1v) is 36.2. The van der Waals surface area contributed by atoms with Gasteiger partial charge in [0.25, 0.3) is 0 Å². The van der Waals surface area contributed by atoms with E-state index in [1.54, 1.807) is 0 Å². The van der Waals surface area contributed by atoms with E-state index in [2.05, 4.69) is 169 Å². The summed E-state index contributed by atoms with van der Waals surface area (Å²) >= 11 is 0. The van der Waals surface area contributed by atoms with Gasteiger partial charge < -0.3 is 39.4 Å². The maximum Gasteiger partial charge on any atom is 0.142 e. The third kappa shape index (κ3) is 14.4. The third-order valence-corrected chi connectivity index (χ3v) is 21.1. The maximum absolute atomic E-state index is 13.8. The van der Waals surface area contributed by atoms with Crippen LogP contribution in [0.3, 0.4) is 0 Å². The van der Waals surface area contributed by atoms with E-state index in [0.717, 1.165) is 166 Å². The van der Waals surface area contributed by atoms with E-state index < -0.39 is 23.7 Å². The van der Waals surface area contributed by atoms with Gasteiger partial charge in [-0.1, -0.05) is 226 Å². The molecule has 4 N–H and O–H groups in total. The molecule has 8 aromatic rings. The van der Waals surface area contributed by atoms with E-state index >= 15 is 0 Å². The number of hydrogen-bond donors (Lipinski definition) is 4. The topological polar surface area (TPSA) is 131 Å². The highest BCUT2D eigenvalue weighted by Crippen LogP contribution is 2.58. The SMILES string of the molecule is CCCCC[C@H]1c2cc(c3c(c2O)CN(Cc2ccccc2)CO3)[C@@H](CCCCC)c2cc(c3c(c2O)CN(Cc2ccccc2)CO3)[C@@H](CCCCC)c2cc(c3c(c2O)CN(Cc2ccccc2)CO3)[C@@H](CCCCC)c2cc1c1c(c2O)CN(Cc2ccccc2)CO1. The summed E-state index contributed by atoms with van der Waals surface area (Å²) in [7, 11) is 0. The minimum Gasteiger partial charge on any atom is -0.507 e. The highest BCUT2D eigenvalue weighted by molar-refractivity contribution is 5.69. The smallest absolute Gasteiger partial charge is 0.142 e. The van der Waals surface area contributed by atoms with Crippen molar-refractivity contribution in [1.29, 1.82) is 0 Å². The van der Waals surface area contributed by atoms with Gasteiger partial charge in [-0.2, -0.15) is 0 Å². The quantitative estimate of drug-likeness (QED) is 0.0430. The van der Waals surface area contributed by atoms with Crippen molar-refractivity contribution in [2.45, 2.75) is 206 Å². The Morgan fingerprint density at radius 3 is 0.698 bits per heavy atom. The predicted octanol–water partition coefficient (Wildman–Crippen LogP) is 19.1. The lowest BCUT2D eigenvalue weighted by Gasteiger charge is -2.38. The molecular weight excluding hydrogens is 1190 g/mol. The Kier molecular flexibility index (Phi) is 21.5. The van der Waals surface area contributed by atoms with Crippen LogP contribution in [0, 0.1) is 0 Å². The zero-order chi connectivity index (χ0) is 66.1. The van der Waals surface area contributed by atoms with Gasteiger partial charge in [0, 0.05) is 121 Å². The average Bonchev–Trinajstić information content (AvgIpc) is 0.734. The maximum atomic E-state index is 13.8. The van der Waals surface area contributed by atoms with Gasteiger partial charge >= 0.3 is 0 Å². The van der Waals surface area contributed by atoms with E-state index in [-0.39, 0.29) is 23.0 Å². The molecule has 12 heteroatoms. The summed E-state index contributed by atoms with van der Waals surface area (Å²) in [5.41, 5.74) is 14.5. The minimum atomic E-state index is -0.401. The van der Waals surface area contributed by atoms with E-state index in [1.165, 1.54) is 0 Å². The Morgan fingerprint density at radius 2 is 0.500 bits per heavy atom. The first-order chi connectivity index (χ1) is 47.1. The van der Waals surface area contributed by atoms with Gasteiger partial charge in [0.1, 0.15) is 72.9 Å². The van der Waals surface area contributed by atoms with Crippen molar-refractivity contribution in [2.75, 3.05) is 26.9 Å². The molecule has 0 fully saturated rings. The number of unbranched alkanes of at least 4 members (excludes halogenated alkanes) is 8. The first kappa shape index (κ1) is 66.6. The van der Waals surface area contributed by atoms with Gasteiger partial charge in [-0.05, 0) is 72.2 Å². The molecule has 4 heterocycles. The second-order valence-electron chi connectivity index (χ2n) is 28.0. The van der Waals surface area contributed by atoms with Gasteiger partial charge in [-0.15, -0.1) is 0 Å². The standard InChI is InChI=1S/C84H100N4O8/c1-5-9-17-37-61-65-41-70(82-73(77(65)89)49-85(54-94-82)45-57-29-21-13-22-30-57)63(39-19-11-7-3)67-43-72(84-75(79(67)91)51-87(56-96-84)47-59-33-25-15-26-34-59)64(40-20-12-8-4)68-44-71(83-76(80(68)92)52-88(55-95-83)48-60-35-27-16-28-36-60)62(38-18-10-6-2)66-42-69(61)81-74(78(66)90)50-86(53-93-81)46-58-31-23-14-24-32-58/h13-16,21-36,41-44,61-64,89-92H,5-12,17-20,37-40,45-56H2,1-4H3/t61-,62-,63-,64-/m0/s1. The Hall–Kier alpha value is -8.00. The van der Waals surface area contributed by atoms with Gasteiger partial charge in [0.2, 0.25) is 0 Å². The molecular formula is C84H100N4O8. The molecule has 0 aromatic heterocycles. The molecule has 504 valence electrons. The van der Waals surface area contributed by atoms with Crippen LogP contribution >= 0.6 is 0 Å². The molecule has 5 aliphatic rings. The highest BCUT2D eigenvalue weighted by atomic mass is 16.5. The van der Waals surface area contributed by atoms with Crippen LogP contribution in [-0.4, -0.2) is 66.9 Å². The molecule has 12 nitrogen and oxygen atoms in total. The number of benzene rings is 8. The first-order valence-electron chi connectivity index (χ1n) is 36.2. The van der Waals surface area contributed by atoms with Crippen molar-refractivity contribution < 1.29 is 39.4 Å². The van der Waals surface area contributed by atoms with Crippen molar-refractivity contribution in [2.24, 2.45) is 0 Å². The van der Waals surface area contributed by atoms with Gasteiger partial charge in [0.15, 0.2) is 0 Å². The number of phenols is 4. The normalized spacial score (nSPS) is 18.6. The Balaban J connectivity index is 1.12. The van der Waals surface area contributed by atoms with Crippen LogP contribution in [0.15, 0.2) is 146 Å². The molecule has 8 aromatic carbocycles. The lowest BCUT2D eigenvalue weighted by atomic mass is 9.74. The summed E-state index contributed by atoms with van der Waals surface area (Å²) in [6.07, 6.45) is 14.3. The lowest BCUT2D eigenvalue weighted by molar-refractivity contribution is 0.0842. The number of hydrogen-bond acceptors (Lipinski definition) is 12. The van der Waals surface area contributed by atoms with Gasteiger partial charge in [0.05, 0.1) is 22.3 Å². The van der Waals surface area contributed by atoms with Gasteiger partial charge in [-0.3, -0.25) is 19.6 Å². The molecule has 0 saturated carbocycles. The van der Waals surface area contributed by atoms with Crippen LogP contribution in [0.2, 0.25) is 0 Å². The summed E-state index contributed by atoms with van der Waals surface area (Å²) in [4.78, 5) is 9.11. The molecule has 1 aliphatic carbocycles. The second-order valence-corrected chi connectivity index (χ2v) is 28.0. The van der Waals surface area contributed by atoms with Crippen LogP contribution in [-0.2, 0) is 52.4 Å². The van der Waals surface area contributed by atoms with Crippen molar-refractivity contribution in [3.63, 3.8) is 0 Å². The number of fused-ring (bicyclic) bond motifs is 16. The second kappa shape index (κ2) is 31.0. The predicted molar refractivity (Wildman–Crippen MR) is 381 cm³/mol.